The second-order valence-corrected chi connectivity index (χ2v) is 5.66. The molecule has 2 aliphatic heterocycles. The van der Waals surface area contributed by atoms with Gasteiger partial charge in [0.05, 0.1) is 0 Å². The molecule has 0 aromatic rings. The van der Waals surface area contributed by atoms with Gasteiger partial charge in [-0.3, -0.25) is 4.79 Å². The summed E-state index contributed by atoms with van der Waals surface area (Å²) in [6.45, 7) is 6.59. The number of carbonyl (C=O) groups excluding carboxylic acids is 1. The Balaban J connectivity index is 0.00000180. The maximum absolute atomic E-state index is 11.5. The zero-order valence-corrected chi connectivity index (χ0v) is 12.9. The first-order chi connectivity index (χ1) is 8.79. The second kappa shape index (κ2) is 8.77. The minimum atomic E-state index is 0. The molecule has 2 fully saturated rings. The summed E-state index contributed by atoms with van der Waals surface area (Å²) in [5.41, 5.74) is 0. The molecule has 2 aliphatic rings. The Bertz CT molecular complexity index is 267. The highest BCUT2D eigenvalue weighted by Gasteiger charge is 2.22. The van der Waals surface area contributed by atoms with Crippen LogP contribution in [-0.4, -0.2) is 62.0 Å². The van der Waals surface area contributed by atoms with Gasteiger partial charge in [0.1, 0.15) is 0 Å². The van der Waals surface area contributed by atoms with Crippen molar-refractivity contribution in [3.8, 4) is 0 Å². The maximum atomic E-state index is 11.5. The zero-order chi connectivity index (χ0) is 12.8. The summed E-state index contributed by atoms with van der Waals surface area (Å²) in [6.07, 6.45) is 5.80. The quantitative estimate of drug-likeness (QED) is 0.802. The smallest absolute Gasteiger partial charge is 0.222 e. The van der Waals surface area contributed by atoms with Crippen LogP contribution in [0.4, 0.5) is 0 Å². The van der Waals surface area contributed by atoms with E-state index in [-0.39, 0.29) is 12.4 Å². The lowest BCUT2D eigenvalue weighted by molar-refractivity contribution is -0.127. The SMILES string of the molecule is CNCCC1CCN(CCN2CCCC2=O)CC1.Cl. The van der Waals surface area contributed by atoms with Crippen LogP contribution in [0.25, 0.3) is 0 Å². The van der Waals surface area contributed by atoms with Crippen molar-refractivity contribution in [2.45, 2.75) is 32.1 Å². The lowest BCUT2D eigenvalue weighted by Gasteiger charge is -2.33. The first-order valence-electron chi connectivity index (χ1n) is 7.44. The number of rotatable bonds is 6. The Morgan fingerprint density at radius 3 is 2.53 bits per heavy atom. The highest BCUT2D eigenvalue weighted by atomic mass is 35.5. The molecule has 2 saturated heterocycles. The molecular formula is C14H28ClN3O. The average molecular weight is 290 g/mol. The molecule has 4 nitrogen and oxygen atoms in total. The summed E-state index contributed by atoms with van der Waals surface area (Å²) in [5.74, 6) is 1.26. The van der Waals surface area contributed by atoms with E-state index in [2.05, 4.69) is 10.2 Å². The van der Waals surface area contributed by atoms with Crippen molar-refractivity contribution in [3.05, 3.63) is 0 Å². The van der Waals surface area contributed by atoms with E-state index >= 15 is 0 Å². The lowest BCUT2D eigenvalue weighted by Crippen LogP contribution is -2.40. The van der Waals surface area contributed by atoms with E-state index in [1.165, 1.54) is 32.4 Å². The molecule has 0 aliphatic carbocycles. The Morgan fingerprint density at radius 2 is 1.95 bits per heavy atom. The molecule has 5 heteroatoms. The van der Waals surface area contributed by atoms with E-state index in [9.17, 15) is 4.79 Å². The minimum Gasteiger partial charge on any atom is -0.341 e. The Hall–Kier alpha value is -0.320. The third kappa shape index (κ3) is 5.28. The molecule has 1 N–H and O–H groups in total. The van der Waals surface area contributed by atoms with Gasteiger partial charge in [-0.15, -0.1) is 12.4 Å². The van der Waals surface area contributed by atoms with Crippen molar-refractivity contribution >= 4 is 18.3 Å². The van der Waals surface area contributed by atoms with Crippen LogP contribution in [0.1, 0.15) is 32.1 Å². The topological polar surface area (TPSA) is 35.6 Å². The fourth-order valence-corrected chi connectivity index (χ4v) is 3.05. The Morgan fingerprint density at radius 1 is 1.21 bits per heavy atom. The Labute approximate surface area is 123 Å². The molecule has 2 heterocycles. The number of carbonyl (C=O) groups is 1. The summed E-state index contributed by atoms with van der Waals surface area (Å²) >= 11 is 0. The minimum absolute atomic E-state index is 0. The molecule has 0 saturated carbocycles. The second-order valence-electron chi connectivity index (χ2n) is 5.66. The number of likely N-dealkylation sites (tertiary alicyclic amines) is 2. The molecular weight excluding hydrogens is 262 g/mol. The van der Waals surface area contributed by atoms with Gasteiger partial charge in [0, 0.05) is 26.1 Å². The fraction of sp³-hybridized carbons (Fsp3) is 0.929. The summed E-state index contributed by atoms with van der Waals surface area (Å²) in [7, 11) is 2.03. The molecule has 19 heavy (non-hydrogen) atoms. The van der Waals surface area contributed by atoms with Crippen LogP contribution in [0.3, 0.4) is 0 Å². The zero-order valence-electron chi connectivity index (χ0n) is 12.1. The molecule has 0 radical (unpaired) electrons. The summed E-state index contributed by atoms with van der Waals surface area (Å²) in [4.78, 5) is 16.1. The number of nitrogens with one attached hydrogen (secondary N) is 1. The van der Waals surface area contributed by atoms with Crippen LogP contribution < -0.4 is 5.32 Å². The average Bonchev–Trinajstić information content (AvgIpc) is 2.81. The van der Waals surface area contributed by atoms with Gasteiger partial charge < -0.3 is 15.1 Å². The van der Waals surface area contributed by atoms with Crippen molar-refractivity contribution in [3.63, 3.8) is 0 Å². The van der Waals surface area contributed by atoms with Gasteiger partial charge in [-0.1, -0.05) is 0 Å². The highest BCUT2D eigenvalue weighted by molar-refractivity contribution is 5.85. The number of amides is 1. The first-order valence-corrected chi connectivity index (χ1v) is 7.44. The van der Waals surface area contributed by atoms with Crippen LogP contribution in [0.15, 0.2) is 0 Å². The predicted octanol–water partition coefficient (Wildman–Crippen LogP) is 1.35. The van der Waals surface area contributed by atoms with Crippen LogP contribution in [0, 0.1) is 5.92 Å². The molecule has 0 atom stereocenters. The van der Waals surface area contributed by atoms with E-state index in [1.807, 2.05) is 11.9 Å². The third-order valence-electron chi connectivity index (χ3n) is 4.37. The molecule has 0 bridgehead atoms. The fourth-order valence-electron chi connectivity index (χ4n) is 3.05. The number of halogens is 1. The molecule has 0 aromatic carbocycles. The first kappa shape index (κ1) is 16.7. The molecule has 1 amide bonds. The van der Waals surface area contributed by atoms with Crippen LogP contribution >= 0.6 is 12.4 Å². The number of nitrogens with zero attached hydrogens (tertiary/aromatic N) is 2. The van der Waals surface area contributed by atoms with E-state index in [1.54, 1.807) is 0 Å². The van der Waals surface area contributed by atoms with E-state index in [4.69, 9.17) is 0 Å². The molecule has 0 spiro atoms. The molecule has 0 unspecified atom stereocenters. The van der Waals surface area contributed by atoms with Gasteiger partial charge in [0.2, 0.25) is 5.91 Å². The van der Waals surface area contributed by atoms with Crippen molar-refractivity contribution in [2.75, 3.05) is 46.3 Å². The van der Waals surface area contributed by atoms with Gasteiger partial charge in [-0.2, -0.15) is 0 Å². The molecule has 0 aromatic heterocycles. The van der Waals surface area contributed by atoms with Gasteiger partial charge in [0.25, 0.3) is 0 Å². The third-order valence-corrected chi connectivity index (χ3v) is 4.37. The monoisotopic (exact) mass is 289 g/mol. The normalized spacial score (nSPS) is 21.7. The molecule has 2 rings (SSSR count). The number of hydrogen-bond donors (Lipinski definition) is 1. The standard InChI is InChI=1S/C14H27N3O.ClH/c1-15-7-4-13-5-9-16(10-6-13)11-12-17-8-2-3-14(17)18;/h13,15H,2-12H2,1H3;1H. The van der Waals surface area contributed by atoms with Crippen molar-refractivity contribution in [1.29, 1.82) is 0 Å². The van der Waals surface area contributed by atoms with Crippen LogP contribution in [-0.2, 0) is 4.79 Å². The summed E-state index contributed by atoms with van der Waals surface area (Å²) in [5, 5.41) is 3.24. The van der Waals surface area contributed by atoms with Gasteiger partial charge >= 0.3 is 0 Å². The van der Waals surface area contributed by atoms with Crippen molar-refractivity contribution in [1.82, 2.24) is 15.1 Å². The largest absolute Gasteiger partial charge is 0.341 e. The van der Waals surface area contributed by atoms with Crippen LogP contribution in [0.5, 0.6) is 0 Å². The van der Waals surface area contributed by atoms with E-state index in [0.717, 1.165) is 44.9 Å². The predicted molar refractivity (Wildman–Crippen MR) is 80.8 cm³/mol. The van der Waals surface area contributed by atoms with Gasteiger partial charge in [-0.05, 0) is 58.3 Å². The summed E-state index contributed by atoms with van der Waals surface area (Å²) < 4.78 is 0. The van der Waals surface area contributed by atoms with E-state index < -0.39 is 0 Å². The highest BCUT2D eigenvalue weighted by Crippen LogP contribution is 2.20. The maximum Gasteiger partial charge on any atom is 0.222 e. The van der Waals surface area contributed by atoms with E-state index in [0.29, 0.717) is 5.91 Å². The Kier molecular flexibility index (Phi) is 7.73. The lowest BCUT2D eigenvalue weighted by atomic mass is 9.93. The molecule has 112 valence electrons. The van der Waals surface area contributed by atoms with Crippen molar-refractivity contribution in [2.24, 2.45) is 5.92 Å². The summed E-state index contributed by atoms with van der Waals surface area (Å²) in [6, 6.07) is 0. The number of hydrogen-bond acceptors (Lipinski definition) is 3. The van der Waals surface area contributed by atoms with Crippen LogP contribution in [0.2, 0.25) is 0 Å². The van der Waals surface area contributed by atoms with Crippen molar-refractivity contribution < 1.29 is 4.79 Å². The van der Waals surface area contributed by atoms with Gasteiger partial charge in [-0.25, -0.2) is 0 Å². The number of piperidine rings is 1. The van der Waals surface area contributed by atoms with Gasteiger partial charge in [0.15, 0.2) is 0 Å².